The highest BCUT2D eigenvalue weighted by Crippen LogP contribution is 2.41. The molecule has 0 unspecified atom stereocenters. The van der Waals surface area contributed by atoms with Gasteiger partial charge in [0.2, 0.25) is 0 Å². The largest absolute Gasteiger partial charge is 0.357 e. The van der Waals surface area contributed by atoms with E-state index in [1.54, 1.807) is 5.51 Å². The molecular weight excluding hydrogens is 461 g/mol. The molecule has 0 atom stereocenters. The summed E-state index contributed by atoms with van der Waals surface area (Å²) in [7, 11) is 0. The smallest absolute Gasteiger partial charge is 0.263 e. The monoisotopic (exact) mass is 493 g/mol. The number of halogens is 1. The van der Waals surface area contributed by atoms with Crippen LogP contribution in [0.25, 0.3) is 0 Å². The standard InChI is InChI=1S/C18H31N5OS.HI/c1-4-18(8-6-7-9-18)12-22-17(19-5-2)21-11-10-20-16(24)15-14(3)23-13-25-15;/h13H,4-12H2,1-3H3,(H,20,24)(H2,19,21,22);1H. The van der Waals surface area contributed by atoms with Gasteiger partial charge in [-0.3, -0.25) is 9.79 Å². The Hall–Kier alpha value is -0.900. The van der Waals surface area contributed by atoms with Gasteiger partial charge >= 0.3 is 0 Å². The minimum absolute atomic E-state index is 0. The van der Waals surface area contributed by atoms with Crippen molar-refractivity contribution in [1.29, 1.82) is 0 Å². The van der Waals surface area contributed by atoms with E-state index < -0.39 is 0 Å². The molecule has 0 saturated heterocycles. The maximum atomic E-state index is 12.1. The zero-order valence-electron chi connectivity index (χ0n) is 16.1. The van der Waals surface area contributed by atoms with E-state index in [2.05, 4.69) is 34.8 Å². The molecule has 3 N–H and O–H groups in total. The molecule has 1 aromatic rings. The Kier molecular flexibility index (Phi) is 10.4. The second kappa shape index (κ2) is 11.7. The molecule has 0 spiro atoms. The van der Waals surface area contributed by atoms with Crippen LogP contribution in [-0.2, 0) is 0 Å². The number of nitrogens with zero attached hydrogens (tertiary/aromatic N) is 2. The van der Waals surface area contributed by atoms with Crippen LogP contribution in [0.15, 0.2) is 10.5 Å². The Bertz CT molecular complexity index is 584. The number of amides is 1. The summed E-state index contributed by atoms with van der Waals surface area (Å²) >= 11 is 1.37. The van der Waals surface area contributed by atoms with Gasteiger partial charge < -0.3 is 16.0 Å². The fourth-order valence-electron chi connectivity index (χ4n) is 3.29. The summed E-state index contributed by atoms with van der Waals surface area (Å²) in [4.78, 5) is 21.7. The molecule has 0 radical (unpaired) electrons. The van der Waals surface area contributed by atoms with E-state index in [-0.39, 0.29) is 29.9 Å². The Balaban J connectivity index is 0.00000338. The maximum Gasteiger partial charge on any atom is 0.263 e. The lowest BCUT2D eigenvalue weighted by Gasteiger charge is -2.25. The molecule has 0 aliphatic heterocycles. The van der Waals surface area contributed by atoms with E-state index in [1.165, 1.54) is 43.4 Å². The average Bonchev–Trinajstić information content (AvgIpc) is 3.25. The van der Waals surface area contributed by atoms with Crippen molar-refractivity contribution in [2.24, 2.45) is 10.4 Å². The number of hydrogen-bond acceptors (Lipinski definition) is 4. The van der Waals surface area contributed by atoms with Gasteiger partial charge in [-0.05, 0) is 38.5 Å². The van der Waals surface area contributed by atoms with Crippen LogP contribution < -0.4 is 16.0 Å². The predicted octanol–water partition coefficient (Wildman–Crippen LogP) is 3.32. The van der Waals surface area contributed by atoms with Crippen molar-refractivity contribution in [3.05, 3.63) is 16.1 Å². The molecule has 1 aromatic heterocycles. The lowest BCUT2D eigenvalue weighted by atomic mass is 9.84. The molecule has 148 valence electrons. The van der Waals surface area contributed by atoms with Crippen LogP contribution in [-0.4, -0.2) is 43.0 Å². The van der Waals surface area contributed by atoms with Crippen molar-refractivity contribution in [2.45, 2.75) is 52.9 Å². The summed E-state index contributed by atoms with van der Waals surface area (Å²) in [5.74, 6) is 0.782. The third kappa shape index (κ3) is 6.68. The van der Waals surface area contributed by atoms with Gasteiger partial charge in [0.05, 0.1) is 11.2 Å². The minimum Gasteiger partial charge on any atom is -0.357 e. The number of aliphatic imine (C=N–C) groups is 1. The number of aryl methyl sites for hydroxylation is 1. The number of rotatable bonds is 8. The molecular formula is C18H32IN5OS. The number of carbonyl (C=O) groups is 1. The molecule has 1 heterocycles. The summed E-state index contributed by atoms with van der Waals surface area (Å²) in [5.41, 5.74) is 2.87. The zero-order valence-corrected chi connectivity index (χ0v) is 19.2. The van der Waals surface area contributed by atoms with Gasteiger partial charge in [0.1, 0.15) is 4.88 Å². The Labute approximate surface area is 178 Å². The molecule has 1 aliphatic carbocycles. The number of carbonyl (C=O) groups excluding carboxylic acids is 1. The molecule has 8 heteroatoms. The molecule has 1 aliphatic rings. The highest BCUT2D eigenvalue weighted by Gasteiger charge is 2.31. The lowest BCUT2D eigenvalue weighted by Crippen LogP contribution is -2.42. The van der Waals surface area contributed by atoms with Crippen LogP contribution in [0.3, 0.4) is 0 Å². The fourth-order valence-corrected chi connectivity index (χ4v) is 4.01. The predicted molar refractivity (Wildman–Crippen MR) is 120 cm³/mol. The van der Waals surface area contributed by atoms with Gasteiger partial charge in [-0.1, -0.05) is 19.8 Å². The van der Waals surface area contributed by atoms with E-state index >= 15 is 0 Å². The van der Waals surface area contributed by atoms with Crippen molar-refractivity contribution < 1.29 is 4.79 Å². The first-order valence-electron chi connectivity index (χ1n) is 9.30. The van der Waals surface area contributed by atoms with Gasteiger partial charge in [0.15, 0.2) is 5.96 Å². The summed E-state index contributed by atoms with van der Waals surface area (Å²) in [6.07, 6.45) is 6.43. The molecule has 1 saturated carbocycles. The summed E-state index contributed by atoms with van der Waals surface area (Å²) in [5, 5.41) is 9.53. The number of aromatic nitrogens is 1. The normalized spacial score (nSPS) is 16.0. The van der Waals surface area contributed by atoms with Crippen molar-refractivity contribution in [3.8, 4) is 0 Å². The molecule has 0 bridgehead atoms. The third-order valence-corrected chi connectivity index (χ3v) is 5.91. The van der Waals surface area contributed by atoms with Gasteiger partial charge in [-0.15, -0.1) is 35.3 Å². The summed E-state index contributed by atoms with van der Waals surface area (Å²) in [6.45, 7) is 9.11. The lowest BCUT2D eigenvalue weighted by molar-refractivity contribution is 0.0957. The topological polar surface area (TPSA) is 78.4 Å². The average molecular weight is 493 g/mol. The van der Waals surface area contributed by atoms with Crippen LogP contribution in [0.4, 0.5) is 0 Å². The van der Waals surface area contributed by atoms with Gasteiger partial charge in [-0.2, -0.15) is 0 Å². The van der Waals surface area contributed by atoms with Gasteiger partial charge in [0.25, 0.3) is 5.91 Å². The number of thiazole rings is 1. The van der Waals surface area contributed by atoms with Crippen molar-refractivity contribution >= 4 is 47.2 Å². The number of guanidine groups is 1. The first kappa shape index (κ1) is 23.1. The van der Waals surface area contributed by atoms with Gasteiger partial charge in [-0.25, -0.2) is 4.98 Å². The van der Waals surface area contributed by atoms with E-state index in [1.807, 2.05) is 6.92 Å². The zero-order chi connectivity index (χ0) is 18.1. The van der Waals surface area contributed by atoms with Crippen molar-refractivity contribution in [3.63, 3.8) is 0 Å². The second-order valence-electron chi connectivity index (χ2n) is 6.71. The van der Waals surface area contributed by atoms with Crippen LogP contribution >= 0.6 is 35.3 Å². The van der Waals surface area contributed by atoms with E-state index in [0.29, 0.717) is 23.4 Å². The summed E-state index contributed by atoms with van der Waals surface area (Å²) in [6, 6.07) is 0. The molecule has 0 aromatic carbocycles. The molecule has 6 nitrogen and oxygen atoms in total. The van der Waals surface area contributed by atoms with E-state index in [4.69, 9.17) is 4.99 Å². The molecule has 1 fully saturated rings. The minimum atomic E-state index is -0.0559. The fraction of sp³-hybridized carbons (Fsp3) is 0.722. The van der Waals surface area contributed by atoms with Gasteiger partial charge in [0, 0.05) is 26.2 Å². The SMILES string of the molecule is CCNC(=NCC1(CC)CCCC1)NCCNC(=O)c1scnc1C.I. The van der Waals surface area contributed by atoms with Crippen LogP contribution in [0.1, 0.15) is 61.3 Å². The molecule has 2 rings (SSSR count). The Morgan fingerprint density at radius 3 is 2.50 bits per heavy atom. The number of nitrogens with one attached hydrogen (secondary N) is 3. The number of hydrogen-bond donors (Lipinski definition) is 3. The third-order valence-electron chi connectivity index (χ3n) is 4.99. The quantitative estimate of drug-likeness (QED) is 0.225. The van der Waals surface area contributed by atoms with Crippen molar-refractivity contribution in [1.82, 2.24) is 20.9 Å². The van der Waals surface area contributed by atoms with Crippen LogP contribution in [0, 0.1) is 12.3 Å². The van der Waals surface area contributed by atoms with E-state index in [0.717, 1.165) is 24.7 Å². The van der Waals surface area contributed by atoms with Crippen LogP contribution in [0.5, 0.6) is 0 Å². The highest BCUT2D eigenvalue weighted by molar-refractivity contribution is 14.0. The van der Waals surface area contributed by atoms with E-state index in [9.17, 15) is 4.79 Å². The second-order valence-corrected chi connectivity index (χ2v) is 7.56. The molecule has 26 heavy (non-hydrogen) atoms. The Morgan fingerprint density at radius 2 is 1.92 bits per heavy atom. The van der Waals surface area contributed by atoms with Crippen molar-refractivity contribution in [2.75, 3.05) is 26.2 Å². The highest BCUT2D eigenvalue weighted by atomic mass is 127. The summed E-state index contributed by atoms with van der Waals surface area (Å²) < 4.78 is 0. The Morgan fingerprint density at radius 1 is 1.23 bits per heavy atom. The maximum absolute atomic E-state index is 12.1. The first-order valence-corrected chi connectivity index (χ1v) is 10.2. The van der Waals surface area contributed by atoms with Crippen LogP contribution in [0.2, 0.25) is 0 Å². The first-order chi connectivity index (χ1) is 12.1. The molecule has 1 amide bonds.